The molecule has 1 aliphatic heterocycles. The van der Waals surface area contributed by atoms with Crippen LogP contribution in [0.3, 0.4) is 0 Å². The highest BCUT2D eigenvalue weighted by atomic mass is 16.6. The van der Waals surface area contributed by atoms with Crippen LogP contribution in [0.25, 0.3) is 0 Å². The lowest BCUT2D eigenvalue weighted by atomic mass is 9.71. The zero-order chi connectivity index (χ0) is 18.2. The van der Waals surface area contributed by atoms with Gasteiger partial charge in [0.2, 0.25) is 0 Å². The number of amides is 2. The second kappa shape index (κ2) is 6.63. The van der Waals surface area contributed by atoms with Crippen LogP contribution in [-0.4, -0.2) is 39.7 Å². The molecule has 1 heterocycles. The summed E-state index contributed by atoms with van der Waals surface area (Å²) in [7, 11) is 0. The number of nitro benzene ring substituents is 1. The molecule has 136 valence electrons. The number of likely N-dealkylation sites (tertiary alicyclic amines) is 1. The van der Waals surface area contributed by atoms with E-state index in [0.717, 1.165) is 31.2 Å². The van der Waals surface area contributed by atoms with Crippen LogP contribution in [0.1, 0.15) is 43.2 Å². The second-order valence-electron chi connectivity index (χ2n) is 7.33. The first-order valence-corrected chi connectivity index (χ1v) is 8.85. The van der Waals surface area contributed by atoms with Gasteiger partial charge in [0.1, 0.15) is 0 Å². The van der Waals surface area contributed by atoms with Crippen LogP contribution >= 0.6 is 0 Å². The Labute approximate surface area is 147 Å². The molecule has 2 amide bonds. The van der Waals surface area contributed by atoms with Gasteiger partial charge in [0, 0.05) is 25.1 Å². The standard InChI is InChI=1S/C18H25N3O4/c1-12-6-7-15(21(24)25)13(2)16(12)19-17(22)20-10-9-18(23)8-4-3-5-14(18)11-20/h6-7,14,23H,3-5,8-11H2,1-2H3,(H,19,22). The van der Waals surface area contributed by atoms with Crippen LogP contribution in [-0.2, 0) is 0 Å². The number of benzene rings is 1. The van der Waals surface area contributed by atoms with Gasteiger partial charge in [0.05, 0.1) is 21.8 Å². The fourth-order valence-electron chi connectivity index (χ4n) is 4.17. The number of urea groups is 1. The summed E-state index contributed by atoms with van der Waals surface area (Å²) in [5, 5.41) is 24.7. The minimum Gasteiger partial charge on any atom is -0.389 e. The van der Waals surface area contributed by atoms with Gasteiger partial charge in [-0.05, 0) is 38.7 Å². The van der Waals surface area contributed by atoms with Crippen molar-refractivity contribution in [1.82, 2.24) is 4.90 Å². The summed E-state index contributed by atoms with van der Waals surface area (Å²) < 4.78 is 0. The van der Waals surface area contributed by atoms with Crippen molar-refractivity contribution in [2.75, 3.05) is 18.4 Å². The summed E-state index contributed by atoms with van der Waals surface area (Å²) >= 11 is 0. The molecule has 1 aliphatic carbocycles. The Hall–Kier alpha value is -2.15. The van der Waals surface area contributed by atoms with Crippen molar-refractivity contribution < 1.29 is 14.8 Å². The van der Waals surface area contributed by atoms with E-state index in [9.17, 15) is 20.0 Å². The Morgan fingerprint density at radius 1 is 1.36 bits per heavy atom. The summed E-state index contributed by atoms with van der Waals surface area (Å²) in [4.78, 5) is 25.1. The van der Waals surface area contributed by atoms with E-state index in [1.807, 2.05) is 6.92 Å². The maximum Gasteiger partial charge on any atom is 0.321 e. The van der Waals surface area contributed by atoms with Crippen molar-refractivity contribution >= 4 is 17.4 Å². The number of hydrogen-bond donors (Lipinski definition) is 2. The number of carbonyl (C=O) groups excluding carboxylic acids is 1. The maximum absolute atomic E-state index is 12.7. The number of aliphatic hydroxyl groups is 1. The molecule has 1 saturated carbocycles. The van der Waals surface area contributed by atoms with E-state index in [4.69, 9.17) is 0 Å². The fraction of sp³-hybridized carbons (Fsp3) is 0.611. The fourth-order valence-corrected chi connectivity index (χ4v) is 4.17. The lowest BCUT2D eigenvalue weighted by molar-refractivity contribution is -0.385. The Bertz CT molecular complexity index is 706. The van der Waals surface area contributed by atoms with E-state index in [-0.39, 0.29) is 17.6 Å². The van der Waals surface area contributed by atoms with Crippen molar-refractivity contribution in [3.63, 3.8) is 0 Å². The van der Waals surface area contributed by atoms with E-state index in [1.54, 1.807) is 17.9 Å². The van der Waals surface area contributed by atoms with Crippen LogP contribution in [0.4, 0.5) is 16.2 Å². The van der Waals surface area contributed by atoms with Gasteiger partial charge < -0.3 is 15.3 Å². The van der Waals surface area contributed by atoms with Gasteiger partial charge in [0.25, 0.3) is 5.69 Å². The maximum atomic E-state index is 12.7. The zero-order valence-electron chi connectivity index (χ0n) is 14.7. The van der Waals surface area contributed by atoms with E-state index >= 15 is 0 Å². The minimum absolute atomic E-state index is 0.00111. The van der Waals surface area contributed by atoms with E-state index in [2.05, 4.69) is 5.32 Å². The van der Waals surface area contributed by atoms with Crippen molar-refractivity contribution in [1.29, 1.82) is 0 Å². The molecule has 1 aromatic rings. The number of fused-ring (bicyclic) bond motifs is 1. The molecular formula is C18H25N3O4. The smallest absolute Gasteiger partial charge is 0.321 e. The largest absolute Gasteiger partial charge is 0.389 e. The average Bonchev–Trinajstić information content (AvgIpc) is 2.57. The third-order valence-corrected chi connectivity index (χ3v) is 5.79. The first-order valence-electron chi connectivity index (χ1n) is 8.85. The number of piperidine rings is 1. The van der Waals surface area contributed by atoms with Gasteiger partial charge in [-0.1, -0.05) is 18.9 Å². The van der Waals surface area contributed by atoms with Gasteiger partial charge in [0.15, 0.2) is 0 Å². The van der Waals surface area contributed by atoms with Gasteiger partial charge >= 0.3 is 6.03 Å². The Morgan fingerprint density at radius 3 is 2.84 bits per heavy atom. The summed E-state index contributed by atoms with van der Waals surface area (Å²) in [6, 6.07) is 2.86. The first-order chi connectivity index (χ1) is 11.8. The quantitative estimate of drug-likeness (QED) is 0.633. The SMILES string of the molecule is Cc1ccc([N+](=O)[O-])c(C)c1NC(=O)N1CCC2(O)CCCCC2C1. The normalized spacial score (nSPS) is 26.0. The molecule has 1 saturated heterocycles. The van der Waals surface area contributed by atoms with E-state index in [1.165, 1.54) is 6.07 Å². The molecule has 2 unspecified atom stereocenters. The highest BCUT2D eigenvalue weighted by Crippen LogP contribution is 2.40. The van der Waals surface area contributed by atoms with Gasteiger partial charge in [-0.2, -0.15) is 0 Å². The highest BCUT2D eigenvalue weighted by molar-refractivity contribution is 5.92. The van der Waals surface area contributed by atoms with Gasteiger partial charge in [-0.3, -0.25) is 10.1 Å². The van der Waals surface area contributed by atoms with E-state index < -0.39 is 10.5 Å². The van der Waals surface area contributed by atoms with Crippen LogP contribution in [0.5, 0.6) is 0 Å². The van der Waals surface area contributed by atoms with Crippen LogP contribution in [0, 0.1) is 29.9 Å². The number of nitro groups is 1. The molecule has 0 spiro atoms. The molecule has 2 fully saturated rings. The van der Waals surface area contributed by atoms with Crippen molar-refractivity contribution in [3.8, 4) is 0 Å². The van der Waals surface area contributed by atoms with E-state index in [0.29, 0.717) is 30.8 Å². The summed E-state index contributed by atoms with van der Waals surface area (Å²) in [5.41, 5.74) is 1.13. The Morgan fingerprint density at radius 2 is 2.12 bits per heavy atom. The average molecular weight is 347 g/mol. The molecule has 2 N–H and O–H groups in total. The monoisotopic (exact) mass is 347 g/mol. The predicted octanol–water partition coefficient (Wildman–Crippen LogP) is 3.37. The molecule has 3 rings (SSSR count). The topological polar surface area (TPSA) is 95.7 Å². The lowest BCUT2D eigenvalue weighted by Crippen LogP contribution is -2.55. The number of nitrogens with one attached hydrogen (secondary N) is 1. The predicted molar refractivity (Wildman–Crippen MR) is 94.7 cm³/mol. The molecule has 7 heteroatoms. The number of anilines is 1. The molecule has 0 radical (unpaired) electrons. The van der Waals surface area contributed by atoms with Gasteiger partial charge in [-0.15, -0.1) is 0 Å². The molecule has 0 aromatic heterocycles. The molecule has 2 aliphatic rings. The van der Waals surface area contributed by atoms with Crippen LogP contribution in [0.2, 0.25) is 0 Å². The zero-order valence-corrected chi connectivity index (χ0v) is 14.7. The Balaban J connectivity index is 1.75. The molecule has 7 nitrogen and oxygen atoms in total. The summed E-state index contributed by atoms with van der Waals surface area (Å²) in [6.45, 7) is 4.51. The minimum atomic E-state index is -0.633. The Kier molecular flexibility index (Phi) is 4.69. The number of nitrogens with zero attached hydrogens (tertiary/aromatic N) is 2. The second-order valence-corrected chi connectivity index (χ2v) is 7.33. The molecule has 0 bridgehead atoms. The number of aryl methyl sites for hydroxylation is 1. The number of rotatable bonds is 2. The number of hydrogen-bond acceptors (Lipinski definition) is 4. The first kappa shape index (κ1) is 17.7. The van der Waals surface area contributed by atoms with Gasteiger partial charge in [-0.25, -0.2) is 4.79 Å². The summed E-state index contributed by atoms with van der Waals surface area (Å²) in [5.74, 6) is 0.119. The van der Waals surface area contributed by atoms with Crippen LogP contribution < -0.4 is 5.32 Å². The van der Waals surface area contributed by atoms with Crippen LogP contribution in [0.15, 0.2) is 12.1 Å². The lowest BCUT2D eigenvalue weighted by Gasteiger charge is -2.47. The third-order valence-electron chi connectivity index (χ3n) is 5.79. The molecule has 25 heavy (non-hydrogen) atoms. The molecular weight excluding hydrogens is 322 g/mol. The third kappa shape index (κ3) is 3.33. The molecule has 2 atom stereocenters. The van der Waals surface area contributed by atoms with Crippen molar-refractivity contribution in [2.24, 2.45) is 5.92 Å². The number of carbonyl (C=O) groups is 1. The highest BCUT2D eigenvalue weighted by Gasteiger charge is 2.43. The molecule has 1 aromatic carbocycles. The van der Waals surface area contributed by atoms with Crippen molar-refractivity contribution in [2.45, 2.75) is 51.6 Å². The van der Waals surface area contributed by atoms with Crippen molar-refractivity contribution in [3.05, 3.63) is 33.4 Å². The summed E-state index contributed by atoms with van der Waals surface area (Å²) in [6.07, 6.45) is 4.49.